The predicted octanol–water partition coefficient (Wildman–Crippen LogP) is 10.0. The van der Waals surface area contributed by atoms with Crippen LogP contribution in [0.2, 0.25) is 0 Å². The summed E-state index contributed by atoms with van der Waals surface area (Å²) in [6.07, 6.45) is 5.50. The standard InChI is InChI=1S/C44H34N2O4/c1-3-5-11-25-13-7-9-15-35(25)45-41(47)31-21-17-27-29-19-23-33-40-34(44(50)46(43(33)49)36-16-10-8-14-26(36)12-6-4-2)24-20-30(38(29)40)28-18-22-32(42(45)48)39(31)37(27)28/h7-10,13-24H,3-6,11-12H2,1-2H3. The molecular formula is C44H34N2O4. The average molecular weight is 655 g/mol. The third kappa shape index (κ3) is 4.08. The molecule has 2 aliphatic rings. The minimum Gasteiger partial charge on any atom is -0.268 e. The molecule has 0 atom stereocenters. The van der Waals surface area contributed by atoms with E-state index in [9.17, 15) is 19.2 Å². The van der Waals surface area contributed by atoms with E-state index >= 15 is 0 Å². The number of carbonyl (C=O) groups is 4. The molecular weight excluding hydrogens is 620 g/mol. The maximum Gasteiger partial charge on any atom is 0.265 e. The smallest absolute Gasteiger partial charge is 0.265 e. The summed E-state index contributed by atoms with van der Waals surface area (Å²) in [5.41, 5.74) is 5.18. The molecule has 2 aliphatic heterocycles. The van der Waals surface area contributed by atoms with Crippen LogP contribution in [0.15, 0.2) is 97.1 Å². The Balaban J connectivity index is 1.24. The molecule has 0 unspecified atom stereocenters. The van der Waals surface area contributed by atoms with Crippen molar-refractivity contribution in [1.29, 1.82) is 0 Å². The van der Waals surface area contributed by atoms with Crippen molar-refractivity contribution in [3.8, 4) is 0 Å². The highest BCUT2D eigenvalue weighted by molar-refractivity contribution is 6.45. The van der Waals surface area contributed by atoms with Crippen molar-refractivity contribution in [1.82, 2.24) is 0 Å². The van der Waals surface area contributed by atoms with Gasteiger partial charge in [-0.15, -0.1) is 0 Å². The zero-order valence-corrected chi connectivity index (χ0v) is 28.0. The van der Waals surface area contributed by atoms with Crippen molar-refractivity contribution in [2.75, 3.05) is 9.80 Å². The first-order valence-corrected chi connectivity index (χ1v) is 17.6. The number of hydrogen-bond donors (Lipinski definition) is 0. The minimum atomic E-state index is -0.332. The summed E-state index contributed by atoms with van der Waals surface area (Å²) in [7, 11) is 0. The van der Waals surface area contributed by atoms with Crippen LogP contribution in [0.3, 0.4) is 0 Å². The first-order chi connectivity index (χ1) is 24.4. The summed E-state index contributed by atoms with van der Waals surface area (Å²) in [5.74, 6) is -1.33. The van der Waals surface area contributed by atoms with Gasteiger partial charge in [0.25, 0.3) is 23.6 Å². The van der Waals surface area contributed by atoms with Gasteiger partial charge in [-0.3, -0.25) is 19.2 Å². The van der Waals surface area contributed by atoms with Crippen LogP contribution in [-0.2, 0) is 12.8 Å². The number of anilines is 2. The number of rotatable bonds is 8. The topological polar surface area (TPSA) is 74.8 Å². The Hall–Kier alpha value is -5.88. The molecule has 7 aromatic carbocycles. The van der Waals surface area contributed by atoms with Crippen molar-refractivity contribution in [3.63, 3.8) is 0 Å². The molecule has 6 heteroatoms. The number of hydrogen-bond acceptors (Lipinski definition) is 4. The van der Waals surface area contributed by atoms with E-state index in [0.717, 1.165) is 82.0 Å². The summed E-state index contributed by atoms with van der Waals surface area (Å²) >= 11 is 0. The van der Waals surface area contributed by atoms with E-state index in [0.29, 0.717) is 44.4 Å². The Bertz CT molecular complexity index is 2320. The van der Waals surface area contributed by atoms with Crippen LogP contribution in [-0.4, -0.2) is 23.6 Å². The summed E-state index contributed by atoms with van der Waals surface area (Å²) in [4.78, 5) is 59.8. The van der Waals surface area contributed by atoms with Gasteiger partial charge in [0, 0.05) is 33.0 Å². The summed E-state index contributed by atoms with van der Waals surface area (Å²) in [5, 5.41) is 6.50. The molecule has 2 heterocycles. The van der Waals surface area contributed by atoms with Gasteiger partial charge in [-0.2, -0.15) is 0 Å². The monoisotopic (exact) mass is 654 g/mol. The Kier molecular flexibility index (Phi) is 6.85. The number of amides is 4. The molecule has 9 rings (SSSR count). The van der Waals surface area contributed by atoms with Crippen molar-refractivity contribution in [3.05, 3.63) is 130 Å². The minimum absolute atomic E-state index is 0.332. The van der Waals surface area contributed by atoms with Gasteiger partial charge in [0.1, 0.15) is 0 Å². The number of benzene rings is 7. The van der Waals surface area contributed by atoms with E-state index in [1.54, 1.807) is 0 Å². The number of nitrogens with zero attached hydrogens (tertiary/aromatic N) is 2. The molecule has 0 radical (unpaired) electrons. The Morgan fingerprint density at radius 2 is 0.720 bits per heavy atom. The fourth-order valence-electron chi connectivity index (χ4n) is 8.32. The number of imide groups is 2. The van der Waals surface area contributed by atoms with Crippen LogP contribution in [0, 0.1) is 0 Å². The molecule has 0 saturated carbocycles. The second-order valence-corrected chi connectivity index (χ2v) is 13.5. The molecule has 0 bridgehead atoms. The summed E-state index contributed by atoms with van der Waals surface area (Å²) < 4.78 is 0. The second kappa shape index (κ2) is 11.3. The van der Waals surface area contributed by atoms with Crippen molar-refractivity contribution in [2.45, 2.75) is 52.4 Å². The number of fused-ring (bicyclic) bond motifs is 2. The largest absolute Gasteiger partial charge is 0.268 e. The highest BCUT2D eigenvalue weighted by Crippen LogP contribution is 2.47. The quantitative estimate of drug-likeness (QED) is 0.0929. The lowest BCUT2D eigenvalue weighted by atomic mass is 9.82. The van der Waals surface area contributed by atoms with Crippen LogP contribution < -0.4 is 9.80 Å². The summed E-state index contributed by atoms with van der Waals surface area (Å²) in [6, 6.07) is 30.5. The van der Waals surface area contributed by atoms with E-state index < -0.39 is 0 Å². The zero-order chi connectivity index (χ0) is 34.3. The van der Waals surface area contributed by atoms with Crippen LogP contribution in [0.5, 0.6) is 0 Å². The van der Waals surface area contributed by atoms with Gasteiger partial charge in [0.2, 0.25) is 0 Å². The van der Waals surface area contributed by atoms with Gasteiger partial charge in [-0.1, -0.05) is 87.4 Å². The van der Waals surface area contributed by atoms with Gasteiger partial charge in [0.15, 0.2) is 0 Å². The third-order valence-corrected chi connectivity index (χ3v) is 10.7. The van der Waals surface area contributed by atoms with E-state index in [1.807, 2.05) is 97.1 Å². The van der Waals surface area contributed by atoms with Gasteiger partial charge in [-0.05, 0) is 106 Å². The van der Waals surface area contributed by atoms with Crippen LogP contribution in [0.4, 0.5) is 11.4 Å². The molecule has 0 N–H and O–H groups in total. The van der Waals surface area contributed by atoms with Gasteiger partial charge >= 0.3 is 0 Å². The first-order valence-electron chi connectivity index (χ1n) is 17.6. The SMILES string of the molecule is CCCCc1ccccc1N1C(=O)c2ccc3c4ccc5c6c(ccc(c7ccc(c2c37)C1=O)c64)C(=O)N(c1ccccc1CCCC)C5=O. The number of aryl methyl sites for hydroxylation is 2. The zero-order valence-electron chi connectivity index (χ0n) is 28.0. The maximum atomic E-state index is 14.3. The van der Waals surface area contributed by atoms with Crippen LogP contribution >= 0.6 is 0 Å². The molecule has 4 amide bonds. The number of para-hydroxylation sites is 2. The van der Waals surface area contributed by atoms with E-state index in [4.69, 9.17) is 0 Å². The average Bonchev–Trinajstić information content (AvgIpc) is 3.14. The molecule has 0 aromatic heterocycles. The fraction of sp³-hybridized carbons (Fsp3) is 0.182. The Morgan fingerprint density at radius 3 is 1.04 bits per heavy atom. The molecule has 50 heavy (non-hydrogen) atoms. The highest BCUT2D eigenvalue weighted by atomic mass is 16.2. The molecule has 7 aromatic rings. The lowest BCUT2D eigenvalue weighted by Crippen LogP contribution is -2.41. The lowest BCUT2D eigenvalue weighted by Gasteiger charge is -2.31. The van der Waals surface area contributed by atoms with Crippen LogP contribution in [0.25, 0.3) is 43.1 Å². The van der Waals surface area contributed by atoms with Crippen molar-refractivity contribution in [2.24, 2.45) is 0 Å². The maximum absolute atomic E-state index is 14.3. The normalized spacial score (nSPS) is 14.4. The Morgan fingerprint density at radius 1 is 0.400 bits per heavy atom. The lowest BCUT2D eigenvalue weighted by molar-refractivity contribution is 0.0877. The summed E-state index contributed by atoms with van der Waals surface area (Å²) in [6.45, 7) is 4.25. The predicted molar refractivity (Wildman–Crippen MR) is 200 cm³/mol. The van der Waals surface area contributed by atoms with Gasteiger partial charge in [0.05, 0.1) is 11.4 Å². The molecule has 244 valence electrons. The van der Waals surface area contributed by atoms with Crippen molar-refractivity contribution >= 4 is 78.1 Å². The van der Waals surface area contributed by atoms with Crippen molar-refractivity contribution < 1.29 is 19.2 Å². The van der Waals surface area contributed by atoms with E-state index in [2.05, 4.69) is 13.8 Å². The fourth-order valence-corrected chi connectivity index (χ4v) is 8.32. The second-order valence-electron chi connectivity index (χ2n) is 13.5. The van der Waals surface area contributed by atoms with Gasteiger partial charge in [-0.25, -0.2) is 9.80 Å². The van der Waals surface area contributed by atoms with E-state index in [-0.39, 0.29) is 23.6 Å². The number of unbranched alkanes of at least 4 members (excludes halogenated alkanes) is 2. The van der Waals surface area contributed by atoms with Crippen LogP contribution in [0.1, 0.15) is 92.1 Å². The Labute approximate surface area is 289 Å². The third-order valence-electron chi connectivity index (χ3n) is 10.7. The molecule has 0 spiro atoms. The molecule has 0 aliphatic carbocycles. The van der Waals surface area contributed by atoms with Gasteiger partial charge < -0.3 is 0 Å². The molecule has 6 nitrogen and oxygen atoms in total. The first kappa shape index (κ1) is 30.2. The molecule has 0 saturated heterocycles. The number of carbonyl (C=O) groups excluding carboxylic acids is 4. The van der Waals surface area contributed by atoms with E-state index in [1.165, 1.54) is 9.80 Å². The molecule has 0 fully saturated rings. The highest BCUT2D eigenvalue weighted by Gasteiger charge is 2.38.